The molecule has 1 aromatic rings. The van der Waals surface area contributed by atoms with Crippen LogP contribution in [-0.2, 0) is 5.88 Å². The zero-order chi connectivity index (χ0) is 15.6. The van der Waals surface area contributed by atoms with Gasteiger partial charge in [-0.3, -0.25) is 10.1 Å². The highest BCUT2D eigenvalue weighted by atomic mass is 35.5. The smallest absolute Gasteiger partial charge is 0.371 e. The molecule has 1 unspecified atom stereocenters. The number of nitrogens with zero attached hydrogens (tertiary/aromatic N) is 2. The van der Waals surface area contributed by atoms with E-state index in [1.165, 1.54) is 18.2 Å². The van der Waals surface area contributed by atoms with Crippen molar-refractivity contribution in [3.05, 3.63) is 33.9 Å². The lowest BCUT2D eigenvalue weighted by Gasteiger charge is -2.35. The Hall–Kier alpha value is -1.50. The molecule has 0 amide bonds. The van der Waals surface area contributed by atoms with Crippen molar-refractivity contribution in [3.8, 4) is 0 Å². The minimum absolute atomic E-state index is 0.0549. The van der Waals surface area contributed by atoms with Crippen LogP contribution < -0.4 is 4.90 Å². The zero-order valence-corrected chi connectivity index (χ0v) is 11.8. The summed E-state index contributed by atoms with van der Waals surface area (Å²) in [6, 6.07) is 4.28. The van der Waals surface area contributed by atoms with Crippen molar-refractivity contribution in [2.24, 2.45) is 5.92 Å². The summed E-state index contributed by atoms with van der Waals surface area (Å²) in [7, 11) is 0. The van der Waals surface area contributed by atoms with Crippen molar-refractivity contribution >= 4 is 23.0 Å². The standard InChI is InChI=1S/C13H14ClF3N2O2/c14-7-9-6-11(3-4-12(9)19(20)21)18-5-1-2-10(8-18)13(15,16)17/h3-4,6,10H,1-2,5,7-8H2. The number of hydrogen-bond donors (Lipinski definition) is 0. The fourth-order valence-electron chi connectivity index (χ4n) is 2.53. The monoisotopic (exact) mass is 322 g/mol. The summed E-state index contributed by atoms with van der Waals surface area (Å²) in [6.45, 7) is 0.384. The summed E-state index contributed by atoms with van der Waals surface area (Å²) in [6.07, 6.45) is -3.65. The van der Waals surface area contributed by atoms with E-state index in [-0.39, 0.29) is 24.5 Å². The lowest BCUT2D eigenvalue weighted by atomic mass is 9.97. The number of nitro groups is 1. The Labute approximate surface area is 124 Å². The molecule has 1 fully saturated rings. The van der Waals surface area contributed by atoms with E-state index in [2.05, 4.69) is 0 Å². The summed E-state index contributed by atoms with van der Waals surface area (Å²) in [4.78, 5) is 11.9. The average molecular weight is 323 g/mol. The molecule has 116 valence electrons. The largest absolute Gasteiger partial charge is 0.393 e. The number of rotatable bonds is 3. The lowest BCUT2D eigenvalue weighted by Crippen LogP contribution is -2.41. The molecular formula is C13H14ClF3N2O2. The number of benzene rings is 1. The molecule has 1 atom stereocenters. The average Bonchev–Trinajstić information content (AvgIpc) is 2.45. The number of alkyl halides is 4. The van der Waals surface area contributed by atoms with Crippen molar-refractivity contribution < 1.29 is 18.1 Å². The summed E-state index contributed by atoms with van der Waals surface area (Å²) in [5.41, 5.74) is 0.747. The topological polar surface area (TPSA) is 46.4 Å². The normalized spacial score (nSPS) is 19.6. The van der Waals surface area contributed by atoms with Gasteiger partial charge in [-0.05, 0) is 25.0 Å². The van der Waals surface area contributed by atoms with Crippen LogP contribution in [0.4, 0.5) is 24.5 Å². The van der Waals surface area contributed by atoms with Crippen LogP contribution in [0, 0.1) is 16.0 Å². The third kappa shape index (κ3) is 3.58. The van der Waals surface area contributed by atoms with Gasteiger partial charge in [-0.15, -0.1) is 11.6 Å². The van der Waals surface area contributed by atoms with Gasteiger partial charge in [0.15, 0.2) is 0 Å². The van der Waals surface area contributed by atoms with Gasteiger partial charge >= 0.3 is 6.18 Å². The fraction of sp³-hybridized carbons (Fsp3) is 0.538. The Morgan fingerprint density at radius 1 is 1.43 bits per heavy atom. The van der Waals surface area contributed by atoms with Gasteiger partial charge in [0.05, 0.1) is 16.7 Å². The molecule has 1 aliphatic rings. The van der Waals surface area contributed by atoms with Crippen LogP contribution in [0.3, 0.4) is 0 Å². The SMILES string of the molecule is O=[N+]([O-])c1ccc(N2CCCC(C(F)(F)F)C2)cc1CCl. The zero-order valence-electron chi connectivity index (χ0n) is 11.1. The first-order chi connectivity index (χ1) is 9.82. The first-order valence-corrected chi connectivity index (χ1v) is 7.01. The van der Waals surface area contributed by atoms with Crippen LogP contribution in [0.1, 0.15) is 18.4 Å². The molecule has 21 heavy (non-hydrogen) atoms. The third-order valence-electron chi connectivity index (χ3n) is 3.65. The van der Waals surface area contributed by atoms with Gasteiger partial charge in [0, 0.05) is 30.4 Å². The summed E-state index contributed by atoms with van der Waals surface area (Å²) >= 11 is 5.69. The van der Waals surface area contributed by atoms with Gasteiger partial charge in [0.1, 0.15) is 0 Å². The van der Waals surface area contributed by atoms with E-state index >= 15 is 0 Å². The second kappa shape index (κ2) is 6.09. The molecule has 0 N–H and O–H groups in total. The van der Waals surface area contributed by atoms with Crippen LogP contribution in [0.15, 0.2) is 18.2 Å². The maximum absolute atomic E-state index is 12.8. The number of anilines is 1. The highest BCUT2D eigenvalue weighted by molar-refractivity contribution is 6.17. The van der Waals surface area contributed by atoms with E-state index in [4.69, 9.17) is 11.6 Å². The lowest BCUT2D eigenvalue weighted by molar-refractivity contribution is -0.385. The molecule has 1 aliphatic heterocycles. The second-order valence-corrected chi connectivity index (χ2v) is 5.30. The van der Waals surface area contributed by atoms with E-state index in [9.17, 15) is 23.3 Å². The van der Waals surface area contributed by atoms with Crippen LogP contribution in [0.2, 0.25) is 0 Å². The van der Waals surface area contributed by atoms with Crippen molar-refractivity contribution in [3.63, 3.8) is 0 Å². The third-order valence-corrected chi connectivity index (χ3v) is 3.94. The van der Waals surface area contributed by atoms with Gasteiger partial charge < -0.3 is 4.90 Å². The molecule has 0 aliphatic carbocycles. The number of hydrogen-bond acceptors (Lipinski definition) is 3. The van der Waals surface area contributed by atoms with Crippen LogP contribution in [0.5, 0.6) is 0 Å². The van der Waals surface area contributed by atoms with Crippen molar-refractivity contribution in [2.45, 2.75) is 24.9 Å². The van der Waals surface area contributed by atoms with E-state index < -0.39 is 17.0 Å². The molecule has 1 heterocycles. The molecule has 2 rings (SSSR count). The van der Waals surface area contributed by atoms with Crippen molar-refractivity contribution in [2.75, 3.05) is 18.0 Å². The molecule has 8 heteroatoms. The van der Waals surface area contributed by atoms with E-state index in [1.54, 1.807) is 4.90 Å². The van der Waals surface area contributed by atoms with Gasteiger partial charge in [-0.2, -0.15) is 13.2 Å². The molecular weight excluding hydrogens is 309 g/mol. The first-order valence-electron chi connectivity index (χ1n) is 6.48. The molecule has 0 spiro atoms. The Morgan fingerprint density at radius 3 is 2.71 bits per heavy atom. The molecule has 0 radical (unpaired) electrons. The summed E-state index contributed by atoms with van der Waals surface area (Å²) in [5, 5.41) is 10.8. The van der Waals surface area contributed by atoms with Gasteiger partial charge in [-0.1, -0.05) is 0 Å². The minimum Gasteiger partial charge on any atom is -0.371 e. The highest BCUT2D eigenvalue weighted by Gasteiger charge is 2.41. The number of nitro benzene ring substituents is 1. The molecule has 0 bridgehead atoms. The Kier molecular flexibility index (Phi) is 4.61. The number of piperidine rings is 1. The summed E-state index contributed by atoms with van der Waals surface area (Å²) < 4.78 is 38.4. The van der Waals surface area contributed by atoms with Crippen LogP contribution in [-0.4, -0.2) is 24.2 Å². The van der Waals surface area contributed by atoms with E-state index in [1.807, 2.05) is 0 Å². The Bertz CT molecular complexity index is 537. The second-order valence-electron chi connectivity index (χ2n) is 5.03. The van der Waals surface area contributed by atoms with Gasteiger partial charge in [-0.25, -0.2) is 0 Å². The van der Waals surface area contributed by atoms with Gasteiger partial charge in [0.2, 0.25) is 0 Å². The number of halogens is 4. The van der Waals surface area contributed by atoms with Crippen LogP contribution >= 0.6 is 11.6 Å². The van der Waals surface area contributed by atoms with E-state index in [0.717, 1.165) is 0 Å². The summed E-state index contributed by atoms with van der Waals surface area (Å²) in [5.74, 6) is -1.42. The van der Waals surface area contributed by atoms with Crippen molar-refractivity contribution in [1.82, 2.24) is 0 Å². The van der Waals surface area contributed by atoms with Gasteiger partial charge in [0.25, 0.3) is 5.69 Å². The Balaban J connectivity index is 2.23. The van der Waals surface area contributed by atoms with E-state index in [0.29, 0.717) is 24.2 Å². The van der Waals surface area contributed by atoms with Crippen molar-refractivity contribution in [1.29, 1.82) is 0 Å². The maximum Gasteiger partial charge on any atom is 0.393 e. The molecule has 0 saturated carbocycles. The molecule has 0 aromatic heterocycles. The predicted octanol–water partition coefficient (Wildman–Crippen LogP) is 4.11. The highest BCUT2D eigenvalue weighted by Crippen LogP contribution is 2.35. The first kappa shape index (κ1) is 15.9. The maximum atomic E-state index is 12.8. The predicted molar refractivity (Wildman–Crippen MR) is 73.6 cm³/mol. The molecule has 1 saturated heterocycles. The molecule has 1 aromatic carbocycles. The van der Waals surface area contributed by atoms with Crippen LogP contribution in [0.25, 0.3) is 0 Å². The minimum atomic E-state index is -4.21. The Morgan fingerprint density at radius 2 is 2.14 bits per heavy atom. The fourth-order valence-corrected chi connectivity index (χ4v) is 2.75. The molecule has 4 nitrogen and oxygen atoms in total. The quantitative estimate of drug-likeness (QED) is 0.478.